The highest BCUT2D eigenvalue weighted by Crippen LogP contribution is 2.10. The zero-order chi connectivity index (χ0) is 20.5. The molecule has 0 bridgehead atoms. The lowest BCUT2D eigenvalue weighted by Gasteiger charge is -2.23. The van der Waals surface area contributed by atoms with Crippen LogP contribution in [0.1, 0.15) is 21.8 Å². The predicted octanol–water partition coefficient (Wildman–Crippen LogP) is 3.81. The van der Waals surface area contributed by atoms with E-state index in [1.165, 1.54) is 11.3 Å². The number of esters is 1. The molecule has 3 rings (SSSR count). The second kappa shape index (κ2) is 10.5. The average Bonchev–Trinajstić information content (AvgIpc) is 3.15. The summed E-state index contributed by atoms with van der Waals surface area (Å²) in [7, 11) is 0. The van der Waals surface area contributed by atoms with E-state index < -0.39 is 5.97 Å². The number of carbonyl (C=O) groups excluding carboxylic acids is 2. The first-order valence-corrected chi connectivity index (χ1v) is 10.4. The molecular weight excluding hydrogens is 384 g/mol. The number of hydrogen-bond acceptors (Lipinski definition) is 5. The fourth-order valence-corrected chi connectivity index (χ4v) is 3.54. The monoisotopic (exact) mass is 408 g/mol. The second-order valence-electron chi connectivity index (χ2n) is 6.73. The van der Waals surface area contributed by atoms with Gasteiger partial charge < -0.3 is 9.64 Å². The topological polar surface area (TPSA) is 59.5 Å². The van der Waals surface area contributed by atoms with Crippen molar-refractivity contribution in [3.63, 3.8) is 0 Å². The van der Waals surface area contributed by atoms with E-state index in [0.29, 0.717) is 18.8 Å². The number of aromatic nitrogens is 1. The summed E-state index contributed by atoms with van der Waals surface area (Å²) in [6, 6.07) is 19.8. The molecule has 0 saturated heterocycles. The van der Waals surface area contributed by atoms with Gasteiger partial charge in [0.2, 0.25) is 0 Å². The molecule has 0 saturated carbocycles. The van der Waals surface area contributed by atoms with Gasteiger partial charge in [-0.15, -0.1) is 11.3 Å². The number of rotatable bonds is 9. The van der Waals surface area contributed by atoms with Crippen LogP contribution in [0.4, 0.5) is 0 Å². The molecule has 0 unspecified atom stereocenters. The van der Waals surface area contributed by atoms with Crippen LogP contribution in [0.3, 0.4) is 0 Å². The molecule has 1 heterocycles. The van der Waals surface area contributed by atoms with Crippen LogP contribution in [0.25, 0.3) is 0 Å². The number of ether oxygens (including phenoxy) is 1. The Morgan fingerprint density at radius 1 is 1.00 bits per heavy atom. The van der Waals surface area contributed by atoms with Crippen molar-refractivity contribution in [2.24, 2.45) is 0 Å². The number of carbonyl (C=O) groups is 2. The van der Waals surface area contributed by atoms with Crippen molar-refractivity contribution < 1.29 is 14.3 Å². The van der Waals surface area contributed by atoms with Crippen LogP contribution in [0.15, 0.2) is 66.0 Å². The van der Waals surface area contributed by atoms with Gasteiger partial charge in [0.05, 0.1) is 17.1 Å². The van der Waals surface area contributed by atoms with E-state index in [4.69, 9.17) is 4.74 Å². The van der Waals surface area contributed by atoms with Crippen LogP contribution in [0.2, 0.25) is 0 Å². The highest BCUT2D eigenvalue weighted by atomic mass is 32.1. The highest BCUT2D eigenvalue weighted by Gasteiger charge is 2.17. The lowest BCUT2D eigenvalue weighted by Crippen LogP contribution is -2.36. The van der Waals surface area contributed by atoms with Crippen molar-refractivity contribution in [3.05, 3.63) is 87.9 Å². The number of thiazole rings is 1. The zero-order valence-corrected chi connectivity index (χ0v) is 17.2. The molecule has 0 N–H and O–H groups in total. The number of amides is 1. The molecule has 2 aromatic carbocycles. The van der Waals surface area contributed by atoms with Crippen molar-refractivity contribution in [3.8, 4) is 0 Å². The van der Waals surface area contributed by atoms with Gasteiger partial charge in [0.1, 0.15) is 0 Å². The van der Waals surface area contributed by atoms with Crippen LogP contribution < -0.4 is 0 Å². The molecule has 5 nitrogen and oxygen atoms in total. The predicted molar refractivity (Wildman–Crippen MR) is 114 cm³/mol. The summed E-state index contributed by atoms with van der Waals surface area (Å²) in [6.45, 7) is 2.66. The molecule has 1 amide bonds. The first-order valence-electron chi connectivity index (χ1n) is 9.52. The summed E-state index contributed by atoms with van der Waals surface area (Å²) < 4.78 is 5.22. The molecule has 0 fully saturated rings. The van der Waals surface area contributed by atoms with Crippen LogP contribution in [-0.2, 0) is 33.7 Å². The van der Waals surface area contributed by atoms with Crippen molar-refractivity contribution in [2.75, 3.05) is 13.2 Å². The normalized spacial score (nSPS) is 10.5. The summed E-state index contributed by atoms with van der Waals surface area (Å²) >= 11 is 1.49. The minimum absolute atomic E-state index is 0.0837. The molecule has 1 aromatic heterocycles. The smallest absolute Gasteiger partial charge is 0.312 e. The Morgan fingerprint density at radius 2 is 1.66 bits per heavy atom. The average molecular weight is 409 g/mol. The van der Waals surface area contributed by atoms with E-state index in [0.717, 1.165) is 22.6 Å². The molecule has 0 spiro atoms. The van der Waals surface area contributed by atoms with Gasteiger partial charge in [-0.1, -0.05) is 60.7 Å². The minimum atomic E-state index is -0.439. The van der Waals surface area contributed by atoms with Gasteiger partial charge in [0.25, 0.3) is 5.91 Å². The van der Waals surface area contributed by atoms with E-state index >= 15 is 0 Å². The largest absolute Gasteiger partial charge is 0.455 e. The van der Waals surface area contributed by atoms with Gasteiger partial charge in [-0.3, -0.25) is 9.59 Å². The Bertz CT molecular complexity index is 926. The maximum atomic E-state index is 12.8. The van der Waals surface area contributed by atoms with Gasteiger partial charge in [-0.05, 0) is 24.5 Å². The Labute approximate surface area is 175 Å². The molecule has 0 aliphatic heterocycles. The third-order valence-electron chi connectivity index (χ3n) is 4.43. The Morgan fingerprint density at radius 3 is 2.28 bits per heavy atom. The Hall–Kier alpha value is -2.99. The lowest BCUT2D eigenvalue weighted by molar-refractivity contribution is -0.151. The summed E-state index contributed by atoms with van der Waals surface area (Å²) in [5.41, 5.74) is 2.88. The SMILES string of the molecule is Cc1nc(CC(=O)OCC(=O)N(CCc2ccccc2)Cc2ccccc2)cs1. The maximum absolute atomic E-state index is 12.8. The first kappa shape index (κ1) is 20.7. The summed E-state index contributed by atoms with van der Waals surface area (Å²) in [5.74, 6) is -0.640. The van der Waals surface area contributed by atoms with Gasteiger partial charge in [0, 0.05) is 18.5 Å². The molecule has 29 heavy (non-hydrogen) atoms. The molecule has 0 radical (unpaired) electrons. The summed E-state index contributed by atoms with van der Waals surface area (Å²) in [5, 5.41) is 2.74. The van der Waals surface area contributed by atoms with Crippen LogP contribution in [0, 0.1) is 6.92 Å². The summed E-state index contributed by atoms with van der Waals surface area (Å²) in [4.78, 5) is 30.8. The van der Waals surface area contributed by atoms with E-state index in [1.54, 1.807) is 4.90 Å². The van der Waals surface area contributed by atoms with Crippen LogP contribution in [-0.4, -0.2) is 34.9 Å². The minimum Gasteiger partial charge on any atom is -0.455 e. The lowest BCUT2D eigenvalue weighted by atomic mass is 10.1. The first-order chi connectivity index (χ1) is 14.1. The third-order valence-corrected chi connectivity index (χ3v) is 5.25. The fraction of sp³-hybridized carbons (Fsp3) is 0.261. The maximum Gasteiger partial charge on any atom is 0.312 e. The summed E-state index contributed by atoms with van der Waals surface area (Å²) in [6.07, 6.45) is 0.825. The van der Waals surface area contributed by atoms with E-state index in [2.05, 4.69) is 4.98 Å². The van der Waals surface area contributed by atoms with Crippen LogP contribution in [0.5, 0.6) is 0 Å². The highest BCUT2D eigenvalue weighted by molar-refractivity contribution is 7.09. The Kier molecular flexibility index (Phi) is 7.53. The third kappa shape index (κ3) is 6.84. The number of hydrogen-bond donors (Lipinski definition) is 0. The van der Waals surface area contributed by atoms with Crippen molar-refractivity contribution in [1.29, 1.82) is 0 Å². The zero-order valence-electron chi connectivity index (χ0n) is 16.4. The second-order valence-corrected chi connectivity index (χ2v) is 7.79. The molecule has 0 aliphatic carbocycles. The molecule has 6 heteroatoms. The molecule has 3 aromatic rings. The number of benzene rings is 2. The van der Waals surface area contributed by atoms with Crippen molar-refractivity contribution in [1.82, 2.24) is 9.88 Å². The van der Waals surface area contributed by atoms with E-state index in [-0.39, 0.29) is 18.9 Å². The van der Waals surface area contributed by atoms with Crippen molar-refractivity contribution >= 4 is 23.2 Å². The molecule has 150 valence electrons. The quantitative estimate of drug-likeness (QED) is 0.505. The van der Waals surface area contributed by atoms with Gasteiger partial charge in [0.15, 0.2) is 6.61 Å². The van der Waals surface area contributed by atoms with Gasteiger partial charge in [-0.25, -0.2) is 4.98 Å². The van der Waals surface area contributed by atoms with Gasteiger partial charge in [-0.2, -0.15) is 0 Å². The number of nitrogens with zero attached hydrogens (tertiary/aromatic N) is 2. The molecule has 0 aliphatic rings. The molecular formula is C23H24N2O3S. The van der Waals surface area contributed by atoms with E-state index in [1.807, 2.05) is 73.0 Å². The Balaban J connectivity index is 1.57. The van der Waals surface area contributed by atoms with Crippen LogP contribution >= 0.6 is 11.3 Å². The van der Waals surface area contributed by atoms with Crippen molar-refractivity contribution in [2.45, 2.75) is 26.3 Å². The fourth-order valence-electron chi connectivity index (χ4n) is 2.93. The molecule has 0 atom stereocenters. The number of aryl methyl sites for hydroxylation is 1. The standard InChI is InChI=1S/C23H24N2O3S/c1-18-24-21(17-29-18)14-23(27)28-16-22(26)25(15-20-10-6-3-7-11-20)13-12-19-8-4-2-5-9-19/h2-11,17H,12-16H2,1H3. The van der Waals surface area contributed by atoms with Gasteiger partial charge >= 0.3 is 5.97 Å². The van der Waals surface area contributed by atoms with E-state index in [9.17, 15) is 9.59 Å².